The Morgan fingerprint density at radius 3 is 2.25 bits per heavy atom. The average molecular weight is 224 g/mol. The molecule has 2 fully saturated rings. The van der Waals surface area contributed by atoms with E-state index in [0.717, 1.165) is 26.1 Å². The largest absolute Gasteiger partial charge is 0.487 e. The van der Waals surface area contributed by atoms with E-state index < -0.39 is 0 Å². The molecule has 2 aliphatic heterocycles. The van der Waals surface area contributed by atoms with E-state index in [1.54, 1.807) is 0 Å². The zero-order valence-corrected chi connectivity index (χ0v) is 10.7. The lowest BCUT2D eigenvalue weighted by molar-refractivity contribution is 0.00578. The quantitative estimate of drug-likeness (QED) is 0.640. The number of hydrogen-bond donors (Lipinski definition) is 0. The highest BCUT2D eigenvalue weighted by atomic mass is 16.7. The van der Waals surface area contributed by atoms with Crippen molar-refractivity contribution < 1.29 is 14.0 Å². The number of ether oxygens (including phenoxy) is 1. The van der Waals surface area contributed by atoms with Crippen LogP contribution in [0.25, 0.3) is 0 Å². The van der Waals surface area contributed by atoms with Gasteiger partial charge in [-0.3, -0.25) is 0 Å². The molecule has 2 aliphatic rings. The van der Waals surface area contributed by atoms with Crippen LogP contribution in [0.2, 0.25) is 0 Å². The first-order valence-corrected chi connectivity index (χ1v) is 6.04. The molecule has 0 radical (unpaired) electrons. The van der Waals surface area contributed by atoms with E-state index in [9.17, 15) is 0 Å². The summed E-state index contributed by atoms with van der Waals surface area (Å²) in [5, 5.41) is 0. The second-order valence-electron chi connectivity index (χ2n) is 5.61. The van der Waals surface area contributed by atoms with Crippen LogP contribution in [0.1, 0.15) is 40.5 Å². The molecule has 0 amide bonds. The Labute approximate surface area is 98.3 Å². The van der Waals surface area contributed by atoms with Crippen LogP contribution < -0.4 is 0 Å². The Kier molecular flexibility index (Phi) is 3.17. The summed E-state index contributed by atoms with van der Waals surface area (Å²) in [5.74, 6) is 2.08. The van der Waals surface area contributed by atoms with Crippen LogP contribution in [0, 0.1) is 0 Å². The predicted octanol–water partition coefficient (Wildman–Crippen LogP) is 2.35. The summed E-state index contributed by atoms with van der Waals surface area (Å²) in [5.41, 5.74) is 0.804. The molecule has 2 heterocycles. The first kappa shape index (κ1) is 12.2. The molecule has 0 spiro atoms. The molecule has 0 saturated carbocycles. The van der Waals surface area contributed by atoms with Crippen molar-refractivity contribution in [3.63, 3.8) is 0 Å². The van der Waals surface area contributed by atoms with E-state index in [1.165, 1.54) is 5.57 Å². The molecule has 0 bridgehead atoms. The van der Waals surface area contributed by atoms with Crippen LogP contribution in [-0.4, -0.2) is 31.5 Å². The van der Waals surface area contributed by atoms with Crippen LogP contribution >= 0.6 is 0 Å². The van der Waals surface area contributed by atoms with Gasteiger partial charge in [-0.2, -0.15) is 0 Å². The molecule has 0 aromatic rings. The maximum atomic E-state index is 5.91. The zero-order valence-electron chi connectivity index (χ0n) is 10.7. The average Bonchev–Trinajstić information content (AvgIpc) is 2.36. The van der Waals surface area contributed by atoms with Gasteiger partial charge in [0.05, 0.1) is 17.8 Å². The van der Waals surface area contributed by atoms with Gasteiger partial charge in [-0.1, -0.05) is 11.5 Å². The van der Waals surface area contributed by atoms with Gasteiger partial charge in [0.15, 0.2) is 0 Å². The third-order valence-electron chi connectivity index (χ3n) is 3.72. The molecule has 16 heavy (non-hydrogen) atoms. The van der Waals surface area contributed by atoms with E-state index in [2.05, 4.69) is 33.7 Å². The summed E-state index contributed by atoms with van der Waals surface area (Å²) in [4.78, 5) is 0. The van der Waals surface area contributed by atoms with Gasteiger partial charge >= 0.3 is 7.12 Å². The first-order valence-electron chi connectivity index (χ1n) is 6.04. The molecule has 2 rings (SSSR count). The van der Waals surface area contributed by atoms with Crippen LogP contribution in [0.5, 0.6) is 0 Å². The summed E-state index contributed by atoms with van der Waals surface area (Å²) < 4.78 is 17.2. The molecule has 0 aromatic heterocycles. The van der Waals surface area contributed by atoms with Crippen molar-refractivity contribution in [3.8, 4) is 0 Å². The summed E-state index contributed by atoms with van der Waals surface area (Å²) in [7, 11) is -0.221. The minimum absolute atomic E-state index is 0.221. The summed E-state index contributed by atoms with van der Waals surface area (Å²) in [6, 6.07) is 0. The number of hydrogen-bond acceptors (Lipinski definition) is 3. The van der Waals surface area contributed by atoms with Crippen molar-refractivity contribution in [1.82, 2.24) is 0 Å². The second kappa shape index (κ2) is 4.17. The maximum Gasteiger partial charge on any atom is 0.487 e. The fraction of sp³-hybridized carbons (Fsp3) is 0.833. The Morgan fingerprint density at radius 2 is 1.75 bits per heavy atom. The Bertz CT molecular complexity index is 273. The molecule has 0 atom stereocenters. The molecular weight excluding hydrogens is 203 g/mol. The molecular formula is C12H21BO3. The molecule has 0 aromatic carbocycles. The Morgan fingerprint density at radius 1 is 1.12 bits per heavy atom. The minimum atomic E-state index is -0.246. The monoisotopic (exact) mass is 224 g/mol. The molecule has 4 heteroatoms. The van der Waals surface area contributed by atoms with Crippen LogP contribution in [0.4, 0.5) is 0 Å². The van der Waals surface area contributed by atoms with Crippen molar-refractivity contribution in [3.05, 3.63) is 11.5 Å². The lowest BCUT2D eigenvalue weighted by Crippen LogP contribution is -2.41. The van der Waals surface area contributed by atoms with Gasteiger partial charge in [0.1, 0.15) is 0 Å². The molecule has 0 aliphatic carbocycles. The van der Waals surface area contributed by atoms with Gasteiger partial charge in [-0.15, -0.1) is 0 Å². The lowest BCUT2D eigenvalue weighted by atomic mass is 9.85. The van der Waals surface area contributed by atoms with Gasteiger partial charge in [-0.05, 0) is 40.5 Å². The smallest absolute Gasteiger partial charge is 0.400 e. The fourth-order valence-electron chi connectivity index (χ4n) is 1.96. The second-order valence-corrected chi connectivity index (χ2v) is 5.61. The topological polar surface area (TPSA) is 27.7 Å². The number of rotatable bonds is 1. The van der Waals surface area contributed by atoms with E-state index in [4.69, 9.17) is 14.0 Å². The van der Waals surface area contributed by atoms with Gasteiger partial charge in [0, 0.05) is 6.61 Å². The molecule has 3 nitrogen and oxygen atoms in total. The molecule has 0 N–H and O–H groups in total. The first-order chi connectivity index (χ1) is 7.41. The molecule has 2 saturated heterocycles. The maximum absolute atomic E-state index is 5.91. The highest BCUT2D eigenvalue weighted by molar-refractivity contribution is 6.51. The van der Waals surface area contributed by atoms with Crippen molar-refractivity contribution in [2.24, 2.45) is 0 Å². The van der Waals surface area contributed by atoms with Crippen molar-refractivity contribution in [2.75, 3.05) is 13.2 Å². The van der Waals surface area contributed by atoms with Crippen molar-refractivity contribution >= 4 is 7.12 Å². The van der Waals surface area contributed by atoms with Gasteiger partial charge in [-0.25, -0.2) is 0 Å². The van der Waals surface area contributed by atoms with E-state index in [0.29, 0.717) is 0 Å². The zero-order chi connectivity index (χ0) is 11.8. The highest BCUT2D eigenvalue weighted by Gasteiger charge is 2.50. The van der Waals surface area contributed by atoms with Crippen LogP contribution in [0.15, 0.2) is 11.5 Å². The van der Waals surface area contributed by atoms with Crippen molar-refractivity contribution in [1.29, 1.82) is 0 Å². The van der Waals surface area contributed by atoms with Gasteiger partial charge in [0.2, 0.25) is 0 Å². The Hall–Kier alpha value is -0.315. The van der Waals surface area contributed by atoms with Crippen LogP contribution in [-0.2, 0) is 14.0 Å². The summed E-state index contributed by atoms with van der Waals surface area (Å²) in [6.45, 7) is 9.89. The fourth-order valence-corrected chi connectivity index (χ4v) is 1.96. The standard InChI is InChI=1S/C12H21BO3/c1-11(2)12(3,4)16-13(15-11)8-10-6-5-7-14-9-10/h8H,5-7,9H2,1-4H3/b10-8-. The van der Waals surface area contributed by atoms with Crippen molar-refractivity contribution in [2.45, 2.75) is 51.7 Å². The SMILES string of the molecule is CC1(C)OB(/C=C2/CCCOC2)OC1(C)C. The van der Waals surface area contributed by atoms with E-state index in [1.807, 2.05) is 0 Å². The van der Waals surface area contributed by atoms with Gasteiger partial charge in [0.25, 0.3) is 0 Å². The highest BCUT2D eigenvalue weighted by Crippen LogP contribution is 2.37. The predicted molar refractivity (Wildman–Crippen MR) is 64.2 cm³/mol. The summed E-state index contributed by atoms with van der Waals surface area (Å²) >= 11 is 0. The van der Waals surface area contributed by atoms with E-state index in [-0.39, 0.29) is 18.3 Å². The third-order valence-corrected chi connectivity index (χ3v) is 3.72. The normalized spacial score (nSPS) is 31.0. The van der Waals surface area contributed by atoms with Crippen LogP contribution in [0.3, 0.4) is 0 Å². The third kappa shape index (κ3) is 2.34. The van der Waals surface area contributed by atoms with Gasteiger partial charge < -0.3 is 14.0 Å². The molecule has 90 valence electrons. The minimum Gasteiger partial charge on any atom is -0.400 e. The van der Waals surface area contributed by atoms with E-state index >= 15 is 0 Å². The molecule has 0 unspecified atom stereocenters. The summed E-state index contributed by atoms with van der Waals surface area (Å²) in [6.07, 6.45) is 2.20. The lowest BCUT2D eigenvalue weighted by Gasteiger charge is -2.32. The Balaban J connectivity index is 2.03.